The molecule has 0 radical (unpaired) electrons. The highest BCUT2D eigenvalue weighted by Gasteiger charge is 2.05. The summed E-state index contributed by atoms with van der Waals surface area (Å²) in [6.45, 7) is 3.56. The summed E-state index contributed by atoms with van der Waals surface area (Å²) < 4.78 is 6.86. The Bertz CT molecular complexity index is 668. The number of guanidine groups is 1. The van der Waals surface area contributed by atoms with E-state index >= 15 is 0 Å². The number of phenolic OH excluding ortho intramolecular Hbond substituents is 1. The maximum atomic E-state index is 9.90. The van der Waals surface area contributed by atoms with Crippen molar-refractivity contribution in [1.82, 2.24) is 25.4 Å². The highest BCUT2D eigenvalue weighted by molar-refractivity contribution is 5.79. The zero-order valence-corrected chi connectivity index (χ0v) is 13.6. The first-order valence-electron chi connectivity index (χ1n) is 7.35. The van der Waals surface area contributed by atoms with Crippen LogP contribution in [-0.2, 0) is 20.1 Å². The summed E-state index contributed by atoms with van der Waals surface area (Å²) in [5.74, 6) is 2.32. The Hall–Kier alpha value is -2.77. The normalized spacial score (nSPS) is 11.3. The minimum Gasteiger partial charge on any atom is -0.508 e. The monoisotopic (exact) mass is 318 g/mol. The summed E-state index contributed by atoms with van der Waals surface area (Å²) in [5, 5.41) is 20.3. The molecule has 8 nitrogen and oxygen atoms in total. The lowest BCUT2D eigenvalue weighted by atomic mass is 10.2. The van der Waals surface area contributed by atoms with Crippen LogP contribution in [0.25, 0.3) is 0 Å². The molecule has 0 atom stereocenters. The zero-order valence-electron chi connectivity index (χ0n) is 13.6. The summed E-state index contributed by atoms with van der Waals surface area (Å²) in [6, 6.07) is 5.08. The van der Waals surface area contributed by atoms with Crippen molar-refractivity contribution in [3.05, 3.63) is 35.9 Å². The standard InChI is InChI=1S/C15H22N6O2/c1-4-16-15(18-9-14-19-10-20-21(14)2)17-8-11-7-12(23-3)5-6-13(11)22/h5-7,10,22H,4,8-9H2,1-3H3,(H2,16,17,18). The number of aromatic nitrogens is 3. The van der Waals surface area contributed by atoms with E-state index in [4.69, 9.17) is 4.74 Å². The summed E-state index contributed by atoms with van der Waals surface area (Å²) in [6.07, 6.45) is 1.51. The Morgan fingerprint density at radius 2 is 2.22 bits per heavy atom. The third kappa shape index (κ3) is 4.60. The van der Waals surface area contributed by atoms with Gasteiger partial charge in [-0.3, -0.25) is 4.68 Å². The van der Waals surface area contributed by atoms with Crippen LogP contribution in [0.15, 0.2) is 29.5 Å². The van der Waals surface area contributed by atoms with E-state index in [9.17, 15) is 5.11 Å². The van der Waals surface area contributed by atoms with E-state index in [1.807, 2.05) is 14.0 Å². The molecule has 0 saturated carbocycles. The minimum absolute atomic E-state index is 0.193. The number of aliphatic imine (C=N–C) groups is 1. The molecule has 1 aromatic heterocycles. The second-order valence-corrected chi connectivity index (χ2v) is 4.84. The molecular formula is C15H22N6O2. The van der Waals surface area contributed by atoms with Crippen molar-refractivity contribution < 1.29 is 9.84 Å². The van der Waals surface area contributed by atoms with Crippen LogP contribution in [0.4, 0.5) is 0 Å². The molecule has 0 amide bonds. The predicted octanol–water partition coefficient (Wildman–Crippen LogP) is 0.785. The molecule has 23 heavy (non-hydrogen) atoms. The molecule has 0 fully saturated rings. The van der Waals surface area contributed by atoms with Gasteiger partial charge >= 0.3 is 0 Å². The Morgan fingerprint density at radius 1 is 1.39 bits per heavy atom. The Labute approximate surface area is 135 Å². The first-order valence-corrected chi connectivity index (χ1v) is 7.35. The second kappa shape index (κ2) is 8.02. The van der Waals surface area contributed by atoms with Gasteiger partial charge in [-0.05, 0) is 25.1 Å². The van der Waals surface area contributed by atoms with E-state index in [1.54, 1.807) is 30.0 Å². The van der Waals surface area contributed by atoms with E-state index in [1.165, 1.54) is 6.33 Å². The molecule has 1 aromatic carbocycles. The second-order valence-electron chi connectivity index (χ2n) is 4.84. The number of rotatable bonds is 6. The minimum atomic E-state index is 0.193. The van der Waals surface area contributed by atoms with E-state index < -0.39 is 0 Å². The fourth-order valence-electron chi connectivity index (χ4n) is 1.96. The van der Waals surface area contributed by atoms with Gasteiger partial charge in [-0.25, -0.2) is 9.98 Å². The molecular weight excluding hydrogens is 296 g/mol. The molecule has 0 unspecified atom stereocenters. The number of benzene rings is 1. The van der Waals surface area contributed by atoms with Gasteiger partial charge in [-0.2, -0.15) is 5.10 Å². The van der Waals surface area contributed by atoms with Crippen LogP contribution in [0.3, 0.4) is 0 Å². The number of phenols is 1. The number of aromatic hydroxyl groups is 1. The fraction of sp³-hybridized carbons (Fsp3) is 0.400. The molecule has 124 valence electrons. The molecule has 1 heterocycles. The summed E-state index contributed by atoms with van der Waals surface area (Å²) in [7, 11) is 3.42. The number of ether oxygens (including phenoxy) is 1. The summed E-state index contributed by atoms with van der Waals surface area (Å²) in [5.41, 5.74) is 0.695. The average molecular weight is 318 g/mol. The third-order valence-corrected chi connectivity index (χ3v) is 3.26. The largest absolute Gasteiger partial charge is 0.508 e. The summed E-state index contributed by atoms with van der Waals surface area (Å²) in [4.78, 5) is 8.62. The quantitative estimate of drug-likeness (QED) is 0.538. The van der Waals surface area contributed by atoms with Gasteiger partial charge in [0.15, 0.2) is 5.96 Å². The van der Waals surface area contributed by atoms with Gasteiger partial charge in [0.1, 0.15) is 23.7 Å². The van der Waals surface area contributed by atoms with Crippen molar-refractivity contribution in [3.8, 4) is 11.5 Å². The maximum absolute atomic E-state index is 9.90. The Morgan fingerprint density at radius 3 is 2.87 bits per heavy atom. The van der Waals surface area contributed by atoms with Gasteiger partial charge in [-0.15, -0.1) is 0 Å². The van der Waals surface area contributed by atoms with Crippen LogP contribution < -0.4 is 15.4 Å². The van der Waals surface area contributed by atoms with Crippen LogP contribution >= 0.6 is 0 Å². The number of hydrogen-bond donors (Lipinski definition) is 3. The number of nitrogens with one attached hydrogen (secondary N) is 2. The molecule has 2 aromatic rings. The van der Waals surface area contributed by atoms with Crippen molar-refractivity contribution in [1.29, 1.82) is 0 Å². The van der Waals surface area contributed by atoms with E-state index in [-0.39, 0.29) is 5.75 Å². The maximum Gasteiger partial charge on any atom is 0.191 e. The highest BCUT2D eigenvalue weighted by Crippen LogP contribution is 2.23. The lowest BCUT2D eigenvalue weighted by Gasteiger charge is -2.11. The van der Waals surface area contributed by atoms with Gasteiger partial charge in [0.2, 0.25) is 0 Å². The van der Waals surface area contributed by atoms with E-state index in [0.717, 1.165) is 12.4 Å². The number of aryl methyl sites for hydroxylation is 1. The first-order chi connectivity index (χ1) is 11.1. The smallest absolute Gasteiger partial charge is 0.191 e. The molecule has 2 rings (SSSR count). The van der Waals surface area contributed by atoms with Gasteiger partial charge in [0.25, 0.3) is 0 Å². The molecule has 0 aliphatic heterocycles. The molecule has 0 saturated heterocycles. The zero-order chi connectivity index (χ0) is 16.7. The molecule has 0 aliphatic carbocycles. The highest BCUT2D eigenvalue weighted by atomic mass is 16.5. The van der Waals surface area contributed by atoms with Crippen molar-refractivity contribution in [2.24, 2.45) is 12.0 Å². The SMILES string of the molecule is CCNC(=NCc1cc(OC)ccc1O)NCc1ncnn1C. The molecule has 0 aliphatic rings. The van der Waals surface area contributed by atoms with E-state index in [0.29, 0.717) is 30.4 Å². The summed E-state index contributed by atoms with van der Waals surface area (Å²) >= 11 is 0. The van der Waals surface area contributed by atoms with Crippen molar-refractivity contribution >= 4 is 5.96 Å². The van der Waals surface area contributed by atoms with Crippen LogP contribution in [0.2, 0.25) is 0 Å². The molecule has 3 N–H and O–H groups in total. The molecule has 8 heteroatoms. The first kappa shape index (κ1) is 16.6. The van der Waals surface area contributed by atoms with Crippen LogP contribution in [0.1, 0.15) is 18.3 Å². The molecule has 0 bridgehead atoms. The Balaban J connectivity index is 2.05. The van der Waals surface area contributed by atoms with Crippen LogP contribution in [0.5, 0.6) is 11.5 Å². The predicted molar refractivity (Wildman–Crippen MR) is 87.3 cm³/mol. The van der Waals surface area contributed by atoms with E-state index in [2.05, 4.69) is 25.7 Å². The molecule has 0 spiro atoms. The van der Waals surface area contributed by atoms with Crippen LogP contribution in [0, 0.1) is 0 Å². The lowest BCUT2D eigenvalue weighted by molar-refractivity contribution is 0.411. The van der Waals surface area contributed by atoms with Crippen molar-refractivity contribution in [2.45, 2.75) is 20.0 Å². The number of methoxy groups -OCH3 is 1. The topological polar surface area (TPSA) is 96.6 Å². The van der Waals surface area contributed by atoms with Crippen LogP contribution in [-0.4, -0.2) is 39.5 Å². The van der Waals surface area contributed by atoms with Gasteiger partial charge in [0.05, 0.1) is 20.2 Å². The lowest BCUT2D eigenvalue weighted by Crippen LogP contribution is -2.37. The average Bonchev–Trinajstić information content (AvgIpc) is 2.96. The Kier molecular flexibility index (Phi) is 5.79. The van der Waals surface area contributed by atoms with Crippen molar-refractivity contribution in [2.75, 3.05) is 13.7 Å². The van der Waals surface area contributed by atoms with Crippen molar-refractivity contribution in [3.63, 3.8) is 0 Å². The van der Waals surface area contributed by atoms with Gasteiger partial charge in [0, 0.05) is 19.2 Å². The number of nitrogens with zero attached hydrogens (tertiary/aromatic N) is 4. The van der Waals surface area contributed by atoms with Gasteiger partial charge in [-0.1, -0.05) is 0 Å². The fourth-order valence-corrected chi connectivity index (χ4v) is 1.96. The third-order valence-electron chi connectivity index (χ3n) is 3.26. The van der Waals surface area contributed by atoms with Gasteiger partial charge < -0.3 is 20.5 Å². The number of hydrogen-bond acceptors (Lipinski definition) is 5.